The zero-order valence-corrected chi connectivity index (χ0v) is 12.3. The summed E-state index contributed by atoms with van der Waals surface area (Å²) in [7, 11) is 0. The average Bonchev–Trinajstić information content (AvgIpc) is 2.90. The lowest BCUT2D eigenvalue weighted by atomic mass is 10.0. The Bertz CT molecular complexity index is 728. The van der Waals surface area contributed by atoms with Gasteiger partial charge in [0.25, 0.3) is 5.91 Å². The van der Waals surface area contributed by atoms with Crippen molar-refractivity contribution in [1.82, 2.24) is 9.88 Å². The molecule has 22 heavy (non-hydrogen) atoms. The number of hydrogen-bond donors (Lipinski definition) is 1. The topological polar surface area (TPSA) is 76.3 Å². The normalized spacial score (nSPS) is 15.3. The van der Waals surface area contributed by atoms with Crippen LogP contribution in [-0.4, -0.2) is 21.6 Å². The van der Waals surface area contributed by atoms with E-state index in [0.717, 1.165) is 22.4 Å². The molecular weight excluding hydrogens is 278 g/mol. The van der Waals surface area contributed by atoms with Gasteiger partial charge >= 0.3 is 0 Å². The Hall–Kier alpha value is -2.53. The number of carbonyl (C=O) groups excluding carboxylic acids is 2. The summed E-state index contributed by atoms with van der Waals surface area (Å²) < 4.78 is 0. The summed E-state index contributed by atoms with van der Waals surface area (Å²) in [5.41, 5.74) is 9.20. The minimum atomic E-state index is -0.904. The zero-order valence-electron chi connectivity index (χ0n) is 12.3. The number of benzene rings is 1. The third-order valence-electron chi connectivity index (χ3n) is 3.94. The van der Waals surface area contributed by atoms with Crippen LogP contribution in [0.3, 0.4) is 0 Å². The van der Waals surface area contributed by atoms with E-state index in [2.05, 4.69) is 4.98 Å². The molecule has 5 nitrogen and oxygen atoms in total. The number of pyridine rings is 1. The maximum Gasteiger partial charge on any atom is 0.286 e. The molecule has 1 aliphatic rings. The number of nitrogens with zero attached hydrogens (tertiary/aromatic N) is 2. The summed E-state index contributed by atoms with van der Waals surface area (Å²) in [5, 5.41) is 0. The summed E-state index contributed by atoms with van der Waals surface area (Å²) in [6.45, 7) is 3.13. The second-order valence-corrected chi connectivity index (χ2v) is 5.54. The highest BCUT2D eigenvalue weighted by Crippen LogP contribution is 2.31. The summed E-state index contributed by atoms with van der Waals surface area (Å²) in [5.74, 6) is -1.48. The number of hydrogen-bond acceptors (Lipinski definition) is 4. The minimum absolute atomic E-state index is 0.580. The van der Waals surface area contributed by atoms with Gasteiger partial charge in [-0.1, -0.05) is 30.3 Å². The van der Waals surface area contributed by atoms with Crippen molar-refractivity contribution >= 4 is 11.7 Å². The van der Waals surface area contributed by atoms with E-state index < -0.39 is 17.7 Å². The molecule has 0 saturated heterocycles. The van der Waals surface area contributed by atoms with Crippen LogP contribution >= 0.6 is 0 Å². The SMILES string of the molecule is Cc1cc2c(cn1)CN(C(C(=O)C(N)=O)c1ccccc1)C2. The summed E-state index contributed by atoms with van der Waals surface area (Å²) in [4.78, 5) is 30.0. The quantitative estimate of drug-likeness (QED) is 0.867. The lowest BCUT2D eigenvalue weighted by Crippen LogP contribution is -2.37. The second kappa shape index (κ2) is 5.69. The molecular formula is C17H17N3O2. The van der Waals surface area contributed by atoms with Crippen molar-refractivity contribution in [3.05, 3.63) is 65.0 Å². The van der Waals surface area contributed by atoms with E-state index in [-0.39, 0.29) is 0 Å². The first-order valence-electron chi connectivity index (χ1n) is 7.13. The summed E-state index contributed by atoms with van der Waals surface area (Å²) in [6, 6.07) is 10.6. The van der Waals surface area contributed by atoms with Crippen molar-refractivity contribution in [3.8, 4) is 0 Å². The van der Waals surface area contributed by atoms with E-state index >= 15 is 0 Å². The smallest absolute Gasteiger partial charge is 0.286 e. The standard InChI is InChI=1S/C17H17N3O2/c1-11-7-13-9-20(10-14(13)8-19-11)15(16(21)17(18)22)12-5-3-2-4-6-12/h2-8,15H,9-10H2,1H3,(H2,18,22). The molecule has 1 unspecified atom stereocenters. The van der Waals surface area contributed by atoms with Crippen LogP contribution in [0, 0.1) is 6.92 Å². The molecule has 0 aliphatic carbocycles. The molecule has 1 aliphatic heterocycles. The summed E-state index contributed by atoms with van der Waals surface area (Å²) in [6.07, 6.45) is 1.83. The van der Waals surface area contributed by atoms with Crippen molar-refractivity contribution in [2.45, 2.75) is 26.1 Å². The second-order valence-electron chi connectivity index (χ2n) is 5.54. The van der Waals surface area contributed by atoms with Gasteiger partial charge in [0.1, 0.15) is 6.04 Å². The number of aryl methyl sites for hydroxylation is 1. The first-order valence-corrected chi connectivity index (χ1v) is 7.13. The fourth-order valence-corrected chi connectivity index (χ4v) is 2.91. The number of ketones is 1. The van der Waals surface area contributed by atoms with Crippen LogP contribution in [0.15, 0.2) is 42.6 Å². The van der Waals surface area contributed by atoms with Crippen LogP contribution < -0.4 is 5.73 Å². The van der Waals surface area contributed by atoms with E-state index in [9.17, 15) is 9.59 Å². The van der Waals surface area contributed by atoms with E-state index in [1.54, 1.807) is 0 Å². The number of amides is 1. The van der Waals surface area contributed by atoms with Gasteiger partial charge < -0.3 is 5.73 Å². The van der Waals surface area contributed by atoms with Crippen LogP contribution in [0.4, 0.5) is 0 Å². The van der Waals surface area contributed by atoms with Gasteiger partial charge in [-0.25, -0.2) is 0 Å². The van der Waals surface area contributed by atoms with E-state index in [0.29, 0.717) is 13.1 Å². The van der Waals surface area contributed by atoms with Crippen LogP contribution in [0.2, 0.25) is 0 Å². The Labute approximate surface area is 128 Å². The van der Waals surface area contributed by atoms with Gasteiger partial charge in [-0.3, -0.25) is 19.5 Å². The molecule has 112 valence electrons. The fraction of sp³-hybridized carbons (Fsp3) is 0.235. The van der Waals surface area contributed by atoms with E-state index in [1.807, 2.05) is 54.4 Å². The number of carbonyl (C=O) groups is 2. The Morgan fingerprint density at radius 3 is 2.55 bits per heavy atom. The van der Waals surface area contributed by atoms with Gasteiger partial charge in [0.05, 0.1) is 0 Å². The maximum atomic E-state index is 12.3. The lowest BCUT2D eigenvalue weighted by molar-refractivity contribution is -0.139. The number of nitrogens with two attached hydrogens (primary N) is 1. The highest BCUT2D eigenvalue weighted by molar-refractivity contribution is 6.37. The van der Waals surface area contributed by atoms with Crippen LogP contribution in [-0.2, 0) is 22.7 Å². The van der Waals surface area contributed by atoms with Gasteiger partial charge in [-0.15, -0.1) is 0 Å². The Balaban J connectivity index is 1.95. The molecule has 2 heterocycles. The molecule has 2 aromatic rings. The van der Waals surface area contributed by atoms with Crippen LogP contribution in [0.25, 0.3) is 0 Å². The number of Topliss-reactive ketones (excluding diaryl/α,β-unsaturated/α-hetero) is 1. The Kier molecular flexibility index (Phi) is 3.73. The minimum Gasteiger partial charge on any atom is -0.363 e. The Morgan fingerprint density at radius 2 is 1.86 bits per heavy atom. The molecule has 3 rings (SSSR count). The molecule has 1 atom stereocenters. The van der Waals surface area contributed by atoms with Crippen molar-refractivity contribution in [3.63, 3.8) is 0 Å². The molecule has 1 aromatic heterocycles. The molecule has 0 fully saturated rings. The largest absolute Gasteiger partial charge is 0.363 e. The lowest BCUT2D eigenvalue weighted by Gasteiger charge is -2.25. The Morgan fingerprint density at radius 1 is 1.18 bits per heavy atom. The molecule has 1 aromatic carbocycles. The number of primary amides is 1. The molecule has 5 heteroatoms. The van der Waals surface area contributed by atoms with Crippen LogP contribution in [0.1, 0.15) is 28.4 Å². The predicted octanol–water partition coefficient (Wildman–Crippen LogP) is 1.50. The molecule has 0 bridgehead atoms. The summed E-state index contributed by atoms with van der Waals surface area (Å²) >= 11 is 0. The zero-order chi connectivity index (χ0) is 15.7. The number of fused-ring (bicyclic) bond motifs is 1. The average molecular weight is 295 g/mol. The first kappa shape index (κ1) is 14.4. The third kappa shape index (κ3) is 2.63. The third-order valence-corrected chi connectivity index (χ3v) is 3.94. The molecule has 0 saturated carbocycles. The van der Waals surface area contributed by atoms with Crippen molar-refractivity contribution < 1.29 is 9.59 Å². The molecule has 2 N–H and O–H groups in total. The monoisotopic (exact) mass is 295 g/mol. The highest BCUT2D eigenvalue weighted by atomic mass is 16.2. The van der Waals surface area contributed by atoms with Gasteiger partial charge in [0, 0.05) is 25.0 Å². The maximum absolute atomic E-state index is 12.3. The van der Waals surface area contributed by atoms with Crippen LogP contribution in [0.5, 0.6) is 0 Å². The number of rotatable bonds is 4. The van der Waals surface area contributed by atoms with Gasteiger partial charge in [0.15, 0.2) is 0 Å². The van der Waals surface area contributed by atoms with E-state index in [4.69, 9.17) is 5.73 Å². The molecule has 1 amide bonds. The number of aromatic nitrogens is 1. The van der Waals surface area contributed by atoms with E-state index in [1.165, 1.54) is 0 Å². The van der Waals surface area contributed by atoms with Crippen molar-refractivity contribution in [1.29, 1.82) is 0 Å². The fourth-order valence-electron chi connectivity index (χ4n) is 2.91. The molecule has 0 radical (unpaired) electrons. The first-order chi connectivity index (χ1) is 10.6. The molecule has 0 spiro atoms. The van der Waals surface area contributed by atoms with Crippen molar-refractivity contribution in [2.24, 2.45) is 5.73 Å². The van der Waals surface area contributed by atoms with Crippen molar-refractivity contribution in [2.75, 3.05) is 0 Å². The van der Waals surface area contributed by atoms with Gasteiger partial charge in [-0.05, 0) is 29.7 Å². The van der Waals surface area contributed by atoms with Gasteiger partial charge in [0.2, 0.25) is 5.78 Å². The predicted molar refractivity (Wildman–Crippen MR) is 81.6 cm³/mol. The van der Waals surface area contributed by atoms with Gasteiger partial charge in [-0.2, -0.15) is 0 Å². The highest BCUT2D eigenvalue weighted by Gasteiger charge is 2.34.